The van der Waals surface area contributed by atoms with Crippen molar-refractivity contribution in [1.82, 2.24) is 0 Å². The Bertz CT molecular complexity index is 847. The van der Waals surface area contributed by atoms with Crippen LogP contribution >= 0.6 is 0 Å². The van der Waals surface area contributed by atoms with E-state index in [2.05, 4.69) is 18.7 Å². The Morgan fingerprint density at radius 1 is 1.10 bits per heavy atom. The third kappa shape index (κ3) is 6.29. The number of hydrogen-bond donors (Lipinski definition) is 1. The van der Waals surface area contributed by atoms with Crippen molar-refractivity contribution < 1.29 is 23.2 Å². The summed E-state index contributed by atoms with van der Waals surface area (Å²) in [6.45, 7) is 5.65. The van der Waals surface area contributed by atoms with Gasteiger partial charge >= 0.3 is 5.97 Å². The average molecular weight is 422 g/mol. The molecule has 0 aromatic heterocycles. The summed E-state index contributed by atoms with van der Waals surface area (Å²) in [5.74, 6) is -0.717. The Hall–Kier alpha value is -2.41. The molecular formula is C22H28FNO4S. The molecule has 7 heteroatoms. The lowest BCUT2D eigenvalue weighted by molar-refractivity contribution is 0.0696. The van der Waals surface area contributed by atoms with Crippen molar-refractivity contribution in [2.24, 2.45) is 0 Å². The Kier molecular flexibility index (Phi) is 8.64. The number of rotatable bonds is 11. The molecule has 2 aromatic rings. The van der Waals surface area contributed by atoms with Crippen molar-refractivity contribution in [3.8, 4) is 11.5 Å². The van der Waals surface area contributed by atoms with Crippen LogP contribution in [0.1, 0.15) is 49.9 Å². The predicted molar refractivity (Wildman–Crippen MR) is 114 cm³/mol. The van der Waals surface area contributed by atoms with Crippen LogP contribution in [0.25, 0.3) is 0 Å². The molecule has 0 heterocycles. The minimum Gasteiger partial charge on any atom is -0.478 e. The largest absolute Gasteiger partial charge is 0.478 e. The first-order valence-corrected chi connectivity index (χ1v) is 11.4. The first kappa shape index (κ1) is 22.9. The average Bonchev–Trinajstić information content (AvgIpc) is 2.69. The van der Waals surface area contributed by atoms with Crippen molar-refractivity contribution in [3.63, 3.8) is 0 Å². The van der Waals surface area contributed by atoms with Crippen LogP contribution in [-0.2, 0) is 10.8 Å². The van der Waals surface area contributed by atoms with Crippen LogP contribution in [-0.4, -0.2) is 34.6 Å². The number of benzene rings is 2. The van der Waals surface area contributed by atoms with Gasteiger partial charge in [0, 0.05) is 19.3 Å². The van der Waals surface area contributed by atoms with E-state index in [0.29, 0.717) is 22.1 Å². The summed E-state index contributed by atoms with van der Waals surface area (Å²) in [6.07, 6.45) is 5.33. The molecular weight excluding hydrogens is 393 g/mol. The highest BCUT2D eigenvalue weighted by atomic mass is 32.2. The normalized spacial score (nSPS) is 11.9. The lowest BCUT2D eigenvalue weighted by atomic mass is 10.1. The van der Waals surface area contributed by atoms with Crippen molar-refractivity contribution in [2.45, 2.75) is 44.4 Å². The number of carboxylic acids is 1. The maximum absolute atomic E-state index is 13.3. The highest BCUT2D eigenvalue weighted by Crippen LogP contribution is 2.39. The van der Waals surface area contributed by atoms with Gasteiger partial charge in [-0.25, -0.2) is 9.18 Å². The molecule has 158 valence electrons. The highest BCUT2D eigenvalue weighted by Gasteiger charge is 2.22. The van der Waals surface area contributed by atoms with Gasteiger partial charge < -0.3 is 14.7 Å². The number of carbonyl (C=O) groups is 1. The van der Waals surface area contributed by atoms with Gasteiger partial charge in [0.15, 0.2) is 5.75 Å². The maximum Gasteiger partial charge on any atom is 0.335 e. The van der Waals surface area contributed by atoms with E-state index < -0.39 is 16.8 Å². The molecule has 1 unspecified atom stereocenters. The molecule has 29 heavy (non-hydrogen) atoms. The Morgan fingerprint density at radius 3 is 2.17 bits per heavy atom. The molecule has 0 saturated heterocycles. The van der Waals surface area contributed by atoms with Gasteiger partial charge in [0.2, 0.25) is 0 Å². The van der Waals surface area contributed by atoms with Gasteiger partial charge in [-0.1, -0.05) is 26.7 Å². The molecule has 1 atom stereocenters. The van der Waals surface area contributed by atoms with E-state index in [9.17, 15) is 18.5 Å². The zero-order valence-electron chi connectivity index (χ0n) is 17.1. The Morgan fingerprint density at radius 2 is 1.69 bits per heavy atom. The third-order valence-corrected chi connectivity index (χ3v) is 5.45. The molecule has 0 spiro atoms. The lowest BCUT2D eigenvalue weighted by Crippen LogP contribution is -2.26. The number of ether oxygens (including phenoxy) is 1. The van der Waals surface area contributed by atoms with Gasteiger partial charge in [-0.2, -0.15) is 0 Å². The number of unbranched alkanes of at least 4 members (excludes halogenated alkanes) is 2. The molecule has 0 aliphatic rings. The second-order valence-electron chi connectivity index (χ2n) is 6.83. The van der Waals surface area contributed by atoms with Crippen molar-refractivity contribution in [1.29, 1.82) is 0 Å². The number of hydrogen-bond acceptors (Lipinski definition) is 4. The van der Waals surface area contributed by atoms with Gasteiger partial charge in [0.25, 0.3) is 0 Å². The number of nitrogens with zero attached hydrogens (tertiary/aromatic N) is 1. The van der Waals surface area contributed by atoms with E-state index in [4.69, 9.17) is 4.74 Å². The fourth-order valence-electron chi connectivity index (χ4n) is 2.93. The van der Waals surface area contributed by atoms with E-state index in [1.54, 1.807) is 6.07 Å². The van der Waals surface area contributed by atoms with Crippen LogP contribution in [0.3, 0.4) is 0 Å². The van der Waals surface area contributed by atoms with E-state index in [1.165, 1.54) is 36.6 Å². The minimum absolute atomic E-state index is 0.0645. The van der Waals surface area contributed by atoms with Crippen molar-refractivity contribution in [2.75, 3.05) is 24.2 Å². The van der Waals surface area contributed by atoms with Crippen LogP contribution in [0, 0.1) is 5.82 Å². The second-order valence-corrected chi connectivity index (χ2v) is 8.18. The zero-order chi connectivity index (χ0) is 21.4. The Labute approximate surface area is 174 Å². The maximum atomic E-state index is 13.3. The van der Waals surface area contributed by atoms with E-state index >= 15 is 0 Å². The van der Waals surface area contributed by atoms with Crippen LogP contribution in [0.4, 0.5) is 10.1 Å². The molecule has 2 aromatic carbocycles. The smallest absolute Gasteiger partial charge is 0.335 e. The van der Waals surface area contributed by atoms with Gasteiger partial charge in [-0.15, -0.1) is 0 Å². The molecule has 2 rings (SSSR count). The quantitative estimate of drug-likeness (QED) is 0.522. The topological polar surface area (TPSA) is 66.8 Å². The fraction of sp³-hybridized carbons (Fsp3) is 0.409. The molecule has 0 fully saturated rings. The molecule has 0 amide bonds. The first-order valence-electron chi connectivity index (χ1n) is 9.80. The monoisotopic (exact) mass is 421 g/mol. The van der Waals surface area contributed by atoms with E-state index in [1.807, 2.05) is 0 Å². The highest BCUT2D eigenvalue weighted by molar-refractivity contribution is 7.84. The summed E-state index contributed by atoms with van der Waals surface area (Å²) in [4.78, 5) is 14.1. The molecule has 1 N–H and O–H groups in total. The van der Waals surface area contributed by atoms with Crippen LogP contribution in [0.5, 0.6) is 11.5 Å². The van der Waals surface area contributed by atoms with Crippen LogP contribution in [0.2, 0.25) is 0 Å². The zero-order valence-corrected chi connectivity index (χ0v) is 17.9. The SMILES string of the molecule is CCCCN(CCCC)c1cc(C(=O)O)cc(S(C)=O)c1Oc1ccc(F)cc1. The molecule has 0 bridgehead atoms. The molecule has 0 saturated carbocycles. The van der Waals surface area contributed by atoms with Gasteiger partial charge in [-0.05, 0) is 49.2 Å². The Balaban J connectivity index is 2.62. The number of aromatic carboxylic acids is 1. The first-order chi connectivity index (χ1) is 13.9. The molecule has 5 nitrogen and oxygen atoms in total. The van der Waals surface area contributed by atoms with Gasteiger partial charge in [0.1, 0.15) is 11.6 Å². The van der Waals surface area contributed by atoms with Crippen LogP contribution < -0.4 is 9.64 Å². The fourth-order valence-corrected chi connectivity index (χ4v) is 3.63. The molecule has 0 aliphatic carbocycles. The van der Waals surface area contributed by atoms with Gasteiger partial charge in [-0.3, -0.25) is 4.21 Å². The van der Waals surface area contributed by atoms with E-state index in [-0.39, 0.29) is 11.4 Å². The lowest BCUT2D eigenvalue weighted by Gasteiger charge is -2.28. The second kappa shape index (κ2) is 11.0. The summed E-state index contributed by atoms with van der Waals surface area (Å²) >= 11 is 0. The number of halogens is 1. The van der Waals surface area contributed by atoms with Crippen LogP contribution in [0.15, 0.2) is 41.3 Å². The van der Waals surface area contributed by atoms with Crippen molar-refractivity contribution >= 4 is 22.5 Å². The molecule has 0 radical (unpaired) electrons. The molecule has 0 aliphatic heterocycles. The minimum atomic E-state index is -1.47. The number of anilines is 1. The summed E-state index contributed by atoms with van der Waals surface area (Å²) in [5, 5.41) is 9.56. The summed E-state index contributed by atoms with van der Waals surface area (Å²) < 4.78 is 31.8. The summed E-state index contributed by atoms with van der Waals surface area (Å²) in [7, 11) is -1.47. The van der Waals surface area contributed by atoms with Crippen molar-refractivity contribution in [3.05, 3.63) is 47.8 Å². The predicted octanol–water partition coefficient (Wildman–Crippen LogP) is 5.46. The van der Waals surface area contributed by atoms with Gasteiger partial charge in [0.05, 0.1) is 26.9 Å². The number of carboxylic acid groups (broad SMARTS) is 1. The van der Waals surface area contributed by atoms with E-state index in [0.717, 1.165) is 38.8 Å². The summed E-state index contributed by atoms with van der Waals surface area (Å²) in [5.41, 5.74) is 0.663. The summed E-state index contributed by atoms with van der Waals surface area (Å²) in [6, 6.07) is 8.52. The third-order valence-electron chi connectivity index (χ3n) is 4.53. The standard InChI is InChI=1S/C22H28FNO4S/c1-4-6-12-24(13-7-5-2)19-14-16(22(25)26)15-20(29(3)27)21(19)28-18-10-8-17(23)9-11-18/h8-11,14-15H,4-7,12-13H2,1-3H3,(H,25,26).